The van der Waals surface area contributed by atoms with E-state index < -0.39 is 8.32 Å². The van der Waals surface area contributed by atoms with Gasteiger partial charge in [0.1, 0.15) is 6.29 Å². The summed E-state index contributed by atoms with van der Waals surface area (Å²) in [5, 5.41) is 0.197. The lowest BCUT2D eigenvalue weighted by Crippen LogP contribution is -2.44. The van der Waals surface area contributed by atoms with Gasteiger partial charge in [-0.25, -0.2) is 0 Å². The molecule has 0 N–H and O–H groups in total. The molecule has 0 spiro atoms. The molecule has 1 unspecified atom stereocenters. The number of aldehydes is 1. The van der Waals surface area contributed by atoms with E-state index in [0.717, 1.165) is 51.6 Å². The first-order valence-electron chi connectivity index (χ1n) is 11.7. The quantitative estimate of drug-likeness (QED) is 0.426. The summed E-state index contributed by atoms with van der Waals surface area (Å²) in [6, 6.07) is 0. The Kier molecular flexibility index (Phi) is 7.99. The molecule has 0 radical (unpaired) electrons. The summed E-state index contributed by atoms with van der Waals surface area (Å²) in [4.78, 5) is 11.0. The first-order chi connectivity index (χ1) is 13.7. The van der Waals surface area contributed by atoms with Gasteiger partial charge in [-0.05, 0) is 62.1 Å². The van der Waals surface area contributed by atoms with Gasteiger partial charge in [0, 0.05) is 32.0 Å². The van der Waals surface area contributed by atoms with Gasteiger partial charge < -0.3 is 23.4 Å². The van der Waals surface area contributed by atoms with Crippen molar-refractivity contribution in [2.75, 3.05) is 19.8 Å². The molecular weight excluding hydrogens is 384 g/mol. The van der Waals surface area contributed by atoms with Crippen molar-refractivity contribution < 1.29 is 23.4 Å². The highest BCUT2D eigenvalue weighted by atomic mass is 28.4. The lowest BCUT2D eigenvalue weighted by atomic mass is 9.87. The molecule has 2 heterocycles. The van der Waals surface area contributed by atoms with Crippen LogP contribution >= 0.6 is 0 Å². The maximum Gasteiger partial charge on any atom is 0.191 e. The second-order valence-corrected chi connectivity index (χ2v) is 15.6. The predicted octanol–water partition coefficient (Wildman–Crippen LogP) is 4.94. The Morgan fingerprint density at radius 2 is 1.90 bits per heavy atom. The molecule has 3 rings (SSSR count). The third-order valence-corrected chi connectivity index (χ3v) is 12.3. The summed E-state index contributed by atoms with van der Waals surface area (Å²) < 4.78 is 25.4. The molecule has 1 aliphatic carbocycles. The van der Waals surface area contributed by atoms with Gasteiger partial charge >= 0.3 is 0 Å². The van der Waals surface area contributed by atoms with Crippen molar-refractivity contribution in [3.8, 4) is 0 Å². The average Bonchev–Trinajstić information content (AvgIpc) is 2.85. The van der Waals surface area contributed by atoms with Crippen LogP contribution in [0.3, 0.4) is 0 Å². The van der Waals surface area contributed by atoms with Crippen LogP contribution < -0.4 is 0 Å². The van der Waals surface area contributed by atoms with Crippen molar-refractivity contribution in [1.29, 1.82) is 0 Å². The van der Waals surface area contributed by atoms with Crippen molar-refractivity contribution in [1.82, 2.24) is 0 Å². The van der Waals surface area contributed by atoms with E-state index in [-0.39, 0.29) is 23.5 Å². The van der Waals surface area contributed by atoms with Crippen molar-refractivity contribution in [3.05, 3.63) is 0 Å². The highest BCUT2D eigenvalue weighted by molar-refractivity contribution is 6.74. The fourth-order valence-electron chi connectivity index (χ4n) is 4.74. The number of carbonyl (C=O) groups is 1. The number of ether oxygens (including phenoxy) is 3. The predicted molar refractivity (Wildman–Crippen MR) is 116 cm³/mol. The number of carbonyl (C=O) groups excluding carboxylic acids is 1. The van der Waals surface area contributed by atoms with Gasteiger partial charge in [-0.1, -0.05) is 20.8 Å². The van der Waals surface area contributed by atoms with Crippen LogP contribution in [-0.2, 0) is 23.4 Å². The van der Waals surface area contributed by atoms with Crippen molar-refractivity contribution in [3.63, 3.8) is 0 Å². The second kappa shape index (κ2) is 9.90. The second-order valence-electron chi connectivity index (χ2n) is 10.8. The topological polar surface area (TPSA) is 54.0 Å². The van der Waals surface area contributed by atoms with Crippen molar-refractivity contribution in [2.24, 2.45) is 17.8 Å². The Hall–Kier alpha value is -0.273. The summed E-state index contributed by atoms with van der Waals surface area (Å²) in [7, 11) is -1.82. The van der Waals surface area contributed by atoms with Crippen LogP contribution in [0.25, 0.3) is 0 Å². The average molecular weight is 427 g/mol. The Morgan fingerprint density at radius 3 is 2.55 bits per heavy atom. The summed E-state index contributed by atoms with van der Waals surface area (Å²) in [5.74, 6) is 1.15. The van der Waals surface area contributed by atoms with E-state index in [1.165, 1.54) is 6.42 Å². The number of rotatable bonds is 7. The van der Waals surface area contributed by atoms with E-state index in [9.17, 15) is 4.79 Å². The molecule has 29 heavy (non-hydrogen) atoms. The van der Waals surface area contributed by atoms with Crippen LogP contribution in [-0.4, -0.2) is 52.9 Å². The van der Waals surface area contributed by atoms with Gasteiger partial charge in [0.2, 0.25) is 0 Å². The minimum Gasteiger partial charge on any atom is -0.416 e. The highest BCUT2D eigenvalue weighted by Gasteiger charge is 2.48. The SMILES string of the molecule is CC(C)(C)[Si](C)(C)OC[C@@H]1[C@H]2CC[C@H](CC=O)CO[C@H]2C[C@H]1OC1CCCCO1. The molecule has 0 amide bonds. The number of hydrogen-bond donors (Lipinski definition) is 0. The van der Waals surface area contributed by atoms with Crippen LogP contribution in [0.2, 0.25) is 18.1 Å². The molecule has 2 aliphatic heterocycles. The Labute approximate surface area is 178 Å². The Morgan fingerprint density at radius 1 is 1.10 bits per heavy atom. The summed E-state index contributed by atoms with van der Waals surface area (Å²) in [5.41, 5.74) is 0. The third-order valence-electron chi connectivity index (χ3n) is 7.76. The smallest absolute Gasteiger partial charge is 0.191 e. The molecule has 168 valence electrons. The van der Waals surface area contributed by atoms with Crippen LogP contribution in [0, 0.1) is 17.8 Å². The van der Waals surface area contributed by atoms with Crippen LogP contribution in [0.15, 0.2) is 0 Å². The summed E-state index contributed by atoms with van der Waals surface area (Å²) in [6.45, 7) is 13.8. The van der Waals surface area contributed by atoms with Gasteiger partial charge in [0.05, 0.1) is 18.8 Å². The molecule has 5 nitrogen and oxygen atoms in total. The third kappa shape index (κ3) is 5.91. The summed E-state index contributed by atoms with van der Waals surface area (Å²) >= 11 is 0. The van der Waals surface area contributed by atoms with E-state index in [2.05, 4.69) is 33.9 Å². The molecular formula is C23H42O5Si. The monoisotopic (exact) mass is 426 g/mol. The van der Waals surface area contributed by atoms with Gasteiger partial charge in [-0.15, -0.1) is 0 Å². The lowest BCUT2D eigenvalue weighted by molar-refractivity contribution is -0.198. The fourth-order valence-corrected chi connectivity index (χ4v) is 5.78. The van der Waals surface area contributed by atoms with Gasteiger partial charge in [-0.2, -0.15) is 0 Å². The van der Waals surface area contributed by atoms with Crippen LogP contribution in [0.5, 0.6) is 0 Å². The highest BCUT2D eigenvalue weighted by Crippen LogP contribution is 2.45. The minimum absolute atomic E-state index is 0.0747. The van der Waals surface area contributed by atoms with E-state index in [0.29, 0.717) is 30.8 Å². The molecule has 0 aromatic carbocycles. The first-order valence-corrected chi connectivity index (χ1v) is 14.6. The molecule has 3 fully saturated rings. The Bertz CT molecular complexity index is 526. The lowest BCUT2D eigenvalue weighted by Gasteiger charge is -2.38. The zero-order valence-electron chi connectivity index (χ0n) is 19.2. The van der Waals surface area contributed by atoms with Crippen LogP contribution in [0.1, 0.15) is 65.7 Å². The normalized spacial score (nSPS) is 36.4. The minimum atomic E-state index is -1.82. The molecule has 0 aromatic rings. The maximum atomic E-state index is 11.0. The number of hydrogen-bond acceptors (Lipinski definition) is 5. The molecule has 6 heteroatoms. The molecule has 0 aromatic heterocycles. The van der Waals surface area contributed by atoms with E-state index in [1.807, 2.05) is 0 Å². The van der Waals surface area contributed by atoms with Gasteiger partial charge in [0.15, 0.2) is 14.6 Å². The fraction of sp³-hybridized carbons (Fsp3) is 0.957. The Balaban J connectivity index is 1.69. The number of fused-ring (bicyclic) bond motifs is 1. The summed E-state index contributed by atoms with van der Waals surface area (Å²) in [6.07, 6.45) is 8.31. The van der Waals surface area contributed by atoms with Gasteiger partial charge in [0.25, 0.3) is 0 Å². The zero-order chi connectivity index (χ0) is 21.1. The van der Waals surface area contributed by atoms with Gasteiger partial charge in [-0.3, -0.25) is 0 Å². The standard InChI is InChI=1S/C23H42O5Si/c1-23(2,3)29(4,5)27-16-19-18-10-9-17(11-12-24)15-26-20(18)14-21(19)28-22-8-6-7-13-25-22/h12,17-22H,6-11,13-16H2,1-5H3/t17-,18-,19-,20+,21-,22?/m1/s1. The first kappa shape index (κ1) is 23.4. The molecule has 3 aliphatic rings. The molecule has 6 atom stereocenters. The van der Waals surface area contributed by atoms with Crippen molar-refractivity contribution >= 4 is 14.6 Å². The molecule has 2 saturated heterocycles. The van der Waals surface area contributed by atoms with E-state index >= 15 is 0 Å². The zero-order valence-corrected chi connectivity index (χ0v) is 20.2. The molecule has 1 saturated carbocycles. The molecule has 0 bridgehead atoms. The van der Waals surface area contributed by atoms with E-state index in [4.69, 9.17) is 18.6 Å². The van der Waals surface area contributed by atoms with E-state index in [1.54, 1.807) is 0 Å². The van der Waals surface area contributed by atoms with Crippen LogP contribution in [0.4, 0.5) is 0 Å². The largest absolute Gasteiger partial charge is 0.416 e. The van der Waals surface area contributed by atoms with Crippen molar-refractivity contribution in [2.45, 2.75) is 102 Å². The maximum absolute atomic E-state index is 11.0.